The smallest absolute Gasteiger partial charge is 0.269 e. The molecule has 2 rings (SSSR count). The van der Waals surface area contributed by atoms with Gasteiger partial charge in [0, 0.05) is 10.0 Å². The summed E-state index contributed by atoms with van der Waals surface area (Å²) in [6.07, 6.45) is 0.224. The van der Waals surface area contributed by atoms with Crippen LogP contribution in [0.15, 0.2) is 59.1 Å². The summed E-state index contributed by atoms with van der Waals surface area (Å²) < 4.78 is 0.891. The van der Waals surface area contributed by atoms with Gasteiger partial charge in [-0.2, -0.15) is 0 Å². The molecule has 0 aliphatic rings. The summed E-state index contributed by atoms with van der Waals surface area (Å²) in [6, 6.07) is 16.2. The highest BCUT2D eigenvalue weighted by atomic mass is 79.9. The van der Waals surface area contributed by atoms with Crippen LogP contribution in [0.2, 0.25) is 0 Å². The Hall–Kier alpha value is -2.14. The van der Waals surface area contributed by atoms with Crippen molar-refractivity contribution in [3.8, 4) is 0 Å². The highest BCUT2D eigenvalue weighted by molar-refractivity contribution is 9.10. The van der Waals surface area contributed by atoms with Gasteiger partial charge in [0.05, 0.1) is 6.42 Å². The van der Waals surface area contributed by atoms with Crippen LogP contribution < -0.4 is 10.9 Å². The van der Waals surface area contributed by atoms with Crippen molar-refractivity contribution in [2.24, 2.45) is 0 Å². The zero-order valence-electron chi connectivity index (χ0n) is 10.6. The van der Waals surface area contributed by atoms with Gasteiger partial charge >= 0.3 is 0 Å². The molecular formula is C15H13BrN2O2. The van der Waals surface area contributed by atoms with Gasteiger partial charge in [-0.05, 0) is 29.8 Å². The van der Waals surface area contributed by atoms with Crippen LogP contribution in [0.25, 0.3) is 0 Å². The number of halogens is 1. The topological polar surface area (TPSA) is 58.2 Å². The number of amides is 2. The molecule has 0 radical (unpaired) electrons. The summed E-state index contributed by atoms with van der Waals surface area (Å²) in [7, 11) is 0. The lowest BCUT2D eigenvalue weighted by Crippen LogP contribution is -2.42. The Morgan fingerprint density at radius 1 is 0.900 bits per heavy atom. The van der Waals surface area contributed by atoms with Gasteiger partial charge in [-0.3, -0.25) is 20.4 Å². The molecular weight excluding hydrogens is 320 g/mol. The molecule has 0 bridgehead atoms. The normalized spacial score (nSPS) is 9.85. The summed E-state index contributed by atoms with van der Waals surface area (Å²) >= 11 is 3.29. The van der Waals surface area contributed by atoms with E-state index in [-0.39, 0.29) is 18.2 Å². The van der Waals surface area contributed by atoms with Gasteiger partial charge < -0.3 is 0 Å². The van der Waals surface area contributed by atoms with Crippen LogP contribution in [0.4, 0.5) is 0 Å². The van der Waals surface area contributed by atoms with Crippen molar-refractivity contribution >= 4 is 27.7 Å². The van der Waals surface area contributed by atoms with E-state index < -0.39 is 0 Å². The molecule has 5 heteroatoms. The van der Waals surface area contributed by atoms with E-state index in [1.807, 2.05) is 30.3 Å². The predicted molar refractivity (Wildman–Crippen MR) is 79.9 cm³/mol. The zero-order valence-corrected chi connectivity index (χ0v) is 12.2. The number of hydrazine groups is 1. The molecule has 102 valence electrons. The van der Waals surface area contributed by atoms with Crippen molar-refractivity contribution in [1.82, 2.24) is 10.9 Å². The number of carbonyl (C=O) groups is 2. The van der Waals surface area contributed by atoms with E-state index in [2.05, 4.69) is 26.8 Å². The molecule has 0 atom stereocenters. The van der Waals surface area contributed by atoms with Gasteiger partial charge in [0.1, 0.15) is 0 Å². The largest absolute Gasteiger partial charge is 0.273 e. The molecule has 0 saturated heterocycles. The molecule has 4 nitrogen and oxygen atoms in total. The number of rotatable bonds is 3. The van der Waals surface area contributed by atoms with E-state index in [0.29, 0.717) is 5.56 Å². The number of hydrogen-bond donors (Lipinski definition) is 2. The first kappa shape index (κ1) is 14.3. The minimum atomic E-state index is -0.348. The molecule has 0 aliphatic heterocycles. The van der Waals surface area contributed by atoms with E-state index in [9.17, 15) is 9.59 Å². The Bertz CT molecular complexity index is 597. The molecule has 2 amide bonds. The van der Waals surface area contributed by atoms with Crippen molar-refractivity contribution in [1.29, 1.82) is 0 Å². The third-order valence-electron chi connectivity index (χ3n) is 2.63. The Kier molecular flexibility index (Phi) is 4.90. The van der Waals surface area contributed by atoms with E-state index in [0.717, 1.165) is 10.0 Å². The van der Waals surface area contributed by atoms with Crippen molar-refractivity contribution in [2.45, 2.75) is 6.42 Å². The van der Waals surface area contributed by atoms with Gasteiger partial charge in [0.25, 0.3) is 5.91 Å². The van der Waals surface area contributed by atoms with Crippen LogP contribution in [-0.4, -0.2) is 11.8 Å². The SMILES string of the molecule is O=C(Cc1ccccc1)NNC(=O)c1ccc(Br)cc1. The summed E-state index contributed by atoms with van der Waals surface area (Å²) in [4.78, 5) is 23.4. The molecule has 0 saturated carbocycles. The minimum absolute atomic E-state index is 0.224. The van der Waals surface area contributed by atoms with Crippen LogP contribution in [0.5, 0.6) is 0 Å². The first-order valence-corrected chi connectivity index (χ1v) is 6.83. The van der Waals surface area contributed by atoms with E-state index >= 15 is 0 Å². The second-order valence-electron chi connectivity index (χ2n) is 4.17. The van der Waals surface area contributed by atoms with Crippen molar-refractivity contribution < 1.29 is 9.59 Å². The maximum Gasteiger partial charge on any atom is 0.269 e. The molecule has 0 aliphatic carbocycles. The lowest BCUT2D eigenvalue weighted by Gasteiger charge is -2.07. The van der Waals surface area contributed by atoms with Gasteiger partial charge in [-0.15, -0.1) is 0 Å². The van der Waals surface area contributed by atoms with Crippen LogP contribution in [0.1, 0.15) is 15.9 Å². The van der Waals surface area contributed by atoms with Gasteiger partial charge in [-0.25, -0.2) is 0 Å². The van der Waals surface area contributed by atoms with Gasteiger partial charge in [-0.1, -0.05) is 46.3 Å². The van der Waals surface area contributed by atoms with E-state index in [4.69, 9.17) is 0 Å². The van der Waals surface area contributed by atoms with Crippen molar-refractivity contribution in [2.75, 3.05) is 0 Å². The molecule has 0 aromatic heterocycles. The molecule has 0 spiro atoms. The average Bonchev–Trinajstić information content (AvgIpc) is 2.46. The number of carbonyl (C=O) groups excluding carboxylic acids is 2. The van der Waals surface area contributed by atoms with Crippen molar-refractivity contribution in [3.05, 3.63) is 70.2 Å². The lowest BCUT2D eigenvalue weighted by molar-refractivity contribution is -0.121. The molecule has 2 aromatic carbocycles. The Balaban J connectivity index is 1.84. The first-order valence-electron chi connectivity index (χ1n) is 6.04. The molecule has 0 heterocycles. The molecule has 2 aromatic rings. The number of nitrogens with one attached hydrogen (secondary N) is 2. The summed E-state index contributed by atoms with van der Waals surface area (Å²) in [5, 5.41) is 0. The molecule has 0 unspecified atom stereocenters. The lowest BCUT2D eigenvalue weighted by atomic mass is 10.1. The number of hydrogen-bond acceptors (Lipinski definition) is 2. The second kappa shape index (κ2) is 6.86. The summed E-state index contributed by atoms with van der Waals surface area (Å²) in [5.41, 5.74) is 6.15. The molecule has 2 N–H and O–H groups in total. The van der Waals surface area contributed by atoms with Crippen LogP contribution in [0, 0.1) is 0 Å². The molecule has 20 heavy (non-hydrogen) atoms. The highest BCUT2D eigenvalue weighted by Crippen LogP contribution is 2.10. The van der Waals surface area contributed by atoms with Crippen LogP contribution in [-0.2, 0) is 11.2 Å². The van der Waals surface area contributed by atoms with Crippen LogP contribution in [0.3, 0.4) is 0 Å². The number of benzene rings is 2. The maximum atomic E-state index is 11.8. The second-order valence-corrected chi connectivity index (χ2v) is 5.09. The maximum absolute atomic E-state index is 11.8. The third-order valence-corrected chi connectivity index (χ3v) is 3.16. The third kappa shape index (κ3) is 4.20. The zero-order chi connectivity index (χ0) is 14.4. The summed E-state index contributed by atoms with van der Waals surface area (Å²) in [6.45, 7) is 0. The van der Waals surface area contributed by atoms with Gasteiger partial charge in [0.15, 0.2) is 0 Å². The van der Waals surface area contributed by atoms with Crippen LogP contribution >= 0.6 is 15.9 Å². The highest BCUT2D eigenvalue weighted by Gasteiger charge is 2.07. The fraction of sp³-hybridized carbons (Fsp3) is 0.0667. The van der Waals surface area contributed by atoms with E-state index in [1.54, 1.807) is 24.3 Å². The first-order chi connectivity index (χ1) is 9.65. The Morgan fingerprint density at radius 2 is 1.55 bits per heavy atom. The quantitative estimate of drug-likeness (QED) is 0.848. The Labute approximate surface area is 125 Å². The Morgan fingerprint density at radius 3 is 2.20 bits per heavy atom. The fourth-order valence-corrected chi connectivity index (χ4v) is 1.89. The van der Waals surface area contributed by atoms with E-state index in [1.165, 1.54) is 0 Å². The fourth-order valence-electron chi connectivity index (χ4n) is 1.63. The van der Waals surface area contributed by atoms with Gasteiger partial charge in [0.2, 0.25) is 5.91 Å². The van der Waals surface area contributed by atoms with Crippen molar-refractivity contribution in [3.63, 3.8) is 0 Å². The monoisotopic (exact) mass is 332 g/mol. The average molecular weight is 333 g/mol. The summed E-state index contributed by atoms with van der Waals surface area (Å²) in [5.74, 6) is -0.611. The standard InChI is InChI=1S/C15H13BrN2O2/c16-13-8-6-12(7-9-13)15(20)18-17-14(19)10-11-4-2-1-3-5-11/h1-9H,10H2,(H,17,19)(H,18,20). The predicted octanol–water partition coefficient (Wildman–Crippen LogP) is 2.45. The minimum Gasteiger partial charge on any atom is -0.273 e. The molecule has 0 fully saturated rings.